The van der Waals surface area contributed by atoms with Crippen LogP contribution in [0, 0.1) is 5.41 Å². The van der Waals surface area contributed by atoms with Gasteiger partial charge in [0.15, 0.2) is 0 Å². The number of H-pyrrole nitrogens is 1. The number of hydrogen-bond acceptors (Lipinski definition) is 5. The molecule has 0 bridgehead atoms. The lowest BCUT2D eigenvalue weighted by Crippen LogP contribution is -2.52. The molecular formula is C14H20N4O3. The van der Waals surface area contributed by atoms with Crippen molar-refractivity contribution in [3.63, 3.8) is 0 Å². The van der Waals surface area contributed by atoms with Crippen LogP contribution in [0.5, 0.6) is 0 Å². The fourth-order valence-electron chi connectivity index (χ4n) is 3.27. The molecule has 0 saturated heterocycles. The molecule has 0 unspecified atom stereocenters. The quantitative estimate of drug-likeness (QED) is 0.820. The van der Waals surface area contributed by atoms with E-state index in [9.17, 15) is 9.59 Å². The number of hydrogen-bond donors (Lipinski definition) is 2. The molecule has 3 N–H and O–H groups in total. The van der Waals surface area contributed by atoms with Crippen LogP contribution in [0.15, 0.2) is 4.79 Å². The van der Waals surface area contributed by atoms with Gasteiger partial charge in [0, 0.05) is 19.2 Å². The van der Waals surface area contributed by atoms with Gasteiger partial charge in [-0.25, -0.2) is 4.98 Å². The predicted molar refractivity (Wildman–Crippen MR) is 76.6 cm³/mol. The zero-order valence-corrected chi connectivity index (χ0v) is 12.1. The lowest BCUT2D eigenvalue weighted by atomic mass is 9.68. The SMILES string of the molecule is COCC1(C(=O)N2CCc3c(nc(N)[nH]c3=O)C2)CCC1. The van der Waals surface area contributed by atoms with Crippen LogP contribution < -0.4 is 11.3 Å². The highest BCUT2D eigenvalue weighted by Crippen LogP contribution is 2.43. The maximum Gasteiger partial charge on any atom is 0.255 e. The Morgan fingerprint density at radius 2 is 2.29 bits per heavy atom. The van der Waals surface area contributed by atoms with Crippen molar-refractivity contribution in [3.8, 4) is 0 Å². The summed E-state index contributed by atoms with van der Waals surface area (Å²) in [4.78, 5) is 33.1. The third kappa shape index (κ3) is 2.31. The van der Waals surface area contributed by atoms with Crippen LogP contribution >= 0.6 is 0 Å². The van der Waals surface area contributed by atoms with Crippen molar-refractivity contribution in [3.05, 3.63) is 21.6 Å². The summed E-state index contributed by atoms with van der Waals surface area (Å²) in [6.45, 7) is 1.36. The van der Waals surface area contributed by atoms with Crippen LogP contribution in [0.1, 0.15) is 30.5 Å². The van der Waals surface area contributed by atoms with Crippen molar-refractivity contribution >= 4 is 11.9 Å². The number of ether oxygens (including phenoxy) is 1. The number of carbonyl (C=O) groups excluding carboxylic acids is 1. The predicted octanol–water partition coefficient (Wildman–Crippen LogP) is 0.0535. The average Bonchev–Trinajstić information content (AvgIpc) is 2.41. The van der Waals surface area contributed by atoms with Gasteiger partial charge in [0.05, 0.1) is 24.3 Å². The van der Waals surface area contributed by atoms with E-state index in [1.54, 1.807) is 12.0 Å². The number of nitrogen functional groups attached to an aromatic ring is 1. The van der Waals surface area contributed by atoms with Crippen molar-refractivity contribution in [1.29, 1.82) is 0 Å². The molecule has 1 aromatic rings. The molecule has 0 radical (unpaired) electrons. The van der Waals surface area contributed by atoms with E-state index in [0.29, 0.717) is 37.4 Å². The highest BCUT2D eigenvalue weighted by molar-refractivity contribution is 5.84. The first-order valence-electron chi connectivity index (χ1n) is 7.21. The Morgan fingerprint density at radius 1 is 1.52 bits per heavy atom. The van der Waals surface area contributed by atoms with Gasteiger partial charge in [-0.05, 0) is 19.3 Å². The Balaban J connectivity index is 1.83. The van der Waals surface area contributed by atoms with E-state index < -0.39 is 0 Å². The zero-order chi connectivity index (χ0) is 15.0. The molecule has 1 saturated carbocycles. The van der Waals surface area contributed by atoms with Gasteiger partial charge in [-0.2, -0.15) is 0 Å². The molecule has 7 nitrogen and oxygen atoms in total. The molecule has 7 heteroatoms. The van der Waals surface area contributed by atoms with Gasteiger partial charge < -0.3 is 15.4 Å². The van der Waals surface area contributed by atoms with E-state index in [1.165, 1.54) is 0 Å². The molecule has 2 aliphatic rings. The van der Waals surface area contributed by atoms with Gasteiger partial charge in [-0.3, -0.25) is 14.6 Å². The van der Waals surface area contributed by atoms with Gasteiger partial charge in [0.25, 0.3) is 5.56 Å². The number of fused-ring (bicyclic) bond motifs is 1. The Morgan fingerprint density at radius 3 is 2.90 bits per heavy atom. The number of nitrogens with zero attached hydrogens (tertiary/aromatic N) is 2. The Hall–Kier alpha value is -1.89. The monoisotopic (exact) mass is 292 g/mol. The minimum absolute atomic E-state index is 0.100. The van der Waals surface area contributed by atoms with E-state index in [-0.39, 0.29) is 22.8 Å². The summed E-state index contributed by atoms with van der Waals surface area (Å²) < 4.78 is 5.23. The maximum absolute atomic E-state index is 12.8. The normalized spacial score (nSPS) is 19.8. The van der Waals surface area contributed by atoms with E-state index in [4.69, 9.17) is 10.5 Å². The van der Waals surface area contributed by atoms with E-state index in [1.807, 2.05) is 0 Å². The largest absolute Gasteiger partial charge is 0.384 e. The Bertz CT molecular complexity index is 621. The number of aromatic nitrogens is 2. The number of anilines is 1. The second-order valence-electron chi connectivity index (χ2n) is 5.92. The van der Waals surface area contributed by atoms with Gasteiger partial charge >= 0.3 is 0 Å². The number of aromatic amines is 1. The number of carbonyl (C=O) groups is 1. The maximum atomic E-state index is 12.8. The molecule has 0 atom stereocenters. The average molecular weight is 292 g/mol. The van der Waals surface area contributed by atoms with Crippen LogP contribution in [-0.4, -0.2) is 41.0 Å². The topological polar surface area (TPSA) is 101 Å². The molecule has 3 rings (SSSR count). The summed E-state index contributed by atoms with van der Waals surface area (Å²) in [5.74, 6) is 0.213. The molecule has 1 amide bonds. The van der Waals surface area contributed by atoms with Gasteiger partial charge in [0.2, 0.25) is 11.9 Å². The first-order valence-corrected chi connectivity index (χ1v) is 7.21. The standard InChI is InChI=1S/C14H20N4O3/c1-21-8-14(4-2-5-14)12(20)18-6-3-9-10(7-18)16-13(15)17-11(9)19/h2-8H2,1H3,(H3,15,16,17,19). The highest BCUT2D eigenvalue weighted by atomic mass is 16.5. The van der Waals surface area contributed by atoms with Crippen molar-refractivity contribution in [2.45, 2.75) is 32.2 Å². The zero-order valence-electron chi connectivity index (χ0n) is 12.1. The summed E-state index contributed by atoms with van der Waals surface area (Å²) in [6, 6.07) is 0. The first kappa shape index (κ1) is 14.1. The second kappa shape index (κ2) is 5.14. The summed E-state index contributed by atoms with van der Waals surface area (Å²) in [7, 11) is 1.63. The number of methoxy groups -OCH3 is 1. The van der Waals surface area contributed by atoms with Crippen LogP contribution in [0.4, 0.5) is 5.95 Å². The fraction of sp³-hybridized carbons (Fsp3) is 0.643. The minimum atomic E-state index is -0.376. The molecule has 1 fully saturated rings. The second-order valence-corrected chi connectivity index (χ2v) is 5.92. The molecule has 114 valence electrons. The number of amides is 1. The van der Waals surface area contributed by atoms with Gasteiger partial charge in [-0.15, -0.1) is 0 Å². The van der Waals surface area contributed by atoms with E-state index in [2.05, 4.69) is 9.97 Å². The van der Waals surface area contributed by atoms with Crippen molar-refractivity contribution in [1.82, 2.24) is 14.9 Å². The molecule has 1 aliphatic carbocycles. The number of nitrogens with two attached hydrogens (primary N) is 1. The highest BCUT2D eigenvalue weighted by Gasteiger charge is 2.46. The van der Waals surface area contributed by atoms with Crippen molar-refractivity contribution < 1.29 is 9.53 Å². The van der Waals surface area contributed by atoms with Crippen LogP contribution in [0.2, 0.25) is 0 Å². The summed E-state index contributed by atoms with van der Waals surface area (Å²) in [5, 5.41) is 0. The van der Waals surface area contributed by atoms with E-state index >= 15 is 0 Å². The third-order valence-electron chi connectivity index (χ3n) is 4.56. The Labute approximate surface area is 122 Å². The van der Waals surface area contributed by atoms with Crippen molar-refractivity contribution in [2.24, 2.45) is 5.41 Å². The lowest BCUT2D eigenvalue weighted by Gasteiger charge is -2.43. The van der Waals surface area contributed by atoms with Crippen LogP contribution in [-0.2, 0) is 22.5 Å². The lowest BCUT2D eigenvalue weighted by molar-refractivity contribution is -0.153. The Kier molecular flexibility index (Phi) is 3.44. The minimum Gasteiger partial charge on any atom is -0.384 e. The summed E-state index contributed by atoms with van der Waals surface area (Å²) in [5.41, 5.74) is 6.27. The number of rotatable bonds is 3. The summed E-state index contributed by atoms with van der Waals surface area (Å²) >= 11 is 0. The third-order valence-corrected chi connectivity index (χ3v) is 4.56. The van der Waals surface area contributed by atoms with Gasteiger partial charge in [-0.1, -0.05) is 6.42 Å². The molecule has 0 spiro atoms. The molecular weight excluding hydrogens is 272 g/mol. The van der Waals surface area contributed by atoms with E-state index in [0.717, 1.165) is 19.3 Å². The molecule has 0 aromatic carbocycles. The molecule has 2 heterocycles. The number of nitrogens with one attached hydrogen (secondary N) is 1. The van der Waals surface area contributed by atoms with Gasteiger partial charge in [0.1, 0.15) is 0 Å². The van der Waals surface area contributed by atoms with Crippen LogP contribution in [0.25, 0.3) is 0 Å². The molecule has 1 aliphatic heterocycles. The van der Waals surface area contributed by atoms with Crippen LogP contribution in [0.3, 0.4) is 0 Å². The fourth-order valence-corrected chi connectivity index (χ4v) is 3.27. The molecule has 21 heavy (non-hydrogen) atoms. The first-order chi connectivity index (χ1) is 10.1. The summed E-state index contributed by atoms with van der Waals surface area (Å²) in [6.07, 6.45) is 3.32. The molecule has 1 aromatic heterocycles. The van der Waals surface area contributed by atoms with Crippen molar-refractivity contribution in [2.75, 3.05) is 26.0 Å². The smallest absolute Gasteiger partial charge is 0.255 e.